The number of hydrogen-bond acceptors (Lipinski definition) is 6. The average Bonchev–Trinajstić information content (AvgIpc) is 3.33. The van der Waals surface area contributed by atoms with Crippen LogP contribution in [0.2, 0.25) is 5.02 Å². The van der Waals surface area contributed by atoms with Gasteiger partial charge in [-0.25, -0.2) is 14.4 Å². The highest BCUT2D eigenvalue weighted by Gasteiger charge is 2.26. The highest BCUT2D eigenvalue weighted by Crippen LogP contribution is 2.35. The third kappa shape index (κ3) is 5.42. The van der Waals surface area contributed by atoms with Gasteiger partial charge in [0.2, 0.25) is 0 Å². The molecule has 1 N–H and O–H groups in total. The first-order chi connectivity index (χ1) is 16.5. The maximum Gasteiger partial charge on any atom is 0.408 e. The molecule has 1 atom stereocenters. The summed E-state index contributed by atoms with van der Waals surface area (Å²) in [5.41, 5.74) is 2.41. The number of nitrogens with one attached hydrogen (secondary N) is 1. The Hall–Kier alpha value is -3.32. The Morgan fingerprint density at radius 3 is 2.68 bits per heavy atom. The SMILES string of the molecule is CCCC[C@H](NC(=O)OCc1ccccc1)C(=O)Oc1cc2oc(=O)c3c(c2cc1Cl)CCC3. The van der Waals surface area contributed by atoms with Crippen molar-refractivity contribution in [2.45, 2.75) is 58.1 Å². The molecule has 0 fully saturated rings. The number of benzene rings is 2. The second-order valence-electron chi connectivity index (χ2n) is 8.30. The van der Waals surface area contributed by atoms with E-state index in [9.17, 15) is 14.4 Å². The fraction of sp³-hybridized carbons (Fsp3) is 0.346. The van der Waals surface area contributed by atoms with Crippen molar-refractivity contribution in [1.82, 2.24) is 5.32 Å². The Balaban J connectivity index is 1.48. The van der Waals surface area contributed by atoms with Crippen LogP contribution in [0.4, 0.5) is 4.79 Å². The van der Waals surface area contributed by atoms with Crippen molar-refractivity contribution in [2.24, 2.45) is 0 Å². The van der Waals surface area contributed by atoms with Gasteiger partial charge in [0.25, 0.3) is 0 Å². The standard InChI is InChI=1S/C26H26ClNO6/c1-2-3-12-21(28-26(31)32-15-16-8-5-4-6-9-16)25(30)34-23-14-22-19(13-20(23)27)17-10-7-11-18(17)24(29)33-22/h4-6,8-9,13-14,21H,2-3,7,10-12,15H2,1H3,(H,28,31)/t21-/m0/s1. The normalized spacial score (nSPS) is 13.4. The smallest absolute Gasteiger partial charge is 0.408 e. The average molecular weight is 484 g/mol. The number of aryl methyl sites for hydroxylation is 1. The van der Waals surface area contributed by atoms with E-state index in [0.717, 1.165) is 35.8 Å². The molecule has 0 saturated heterocycles. The van der Waals surface area contributed by atoms with E-state index in [4.69, 9.17) is 25.5 Å². The minimum Gasteiger partial charge on any atom is -0.445 e. The van der Waals surface area contributed by atoms with Crippen LogP contribution in [0.5, 0.6) is 5.75 Å². The number of unbranched alkanes of at least 4 members (excludes halogenated alkanes) is 1. The number of fused-ring (bicyclic) bond motifs is 3. The molecule has 8 heteroatoms. The fourth-order valence-corrected chi connectivity index (χ4v) is 4.31. The summed E-state index contributed by atoms with van der Waals surface area (Å²) in [5, 5.41) is 3.57. The number of rotatable bonds is 8. The minimum absolute atomic E-state index is 0.0706. The number of alkyl carbamates (subject to hydrolysis) is 1. The van der Waals surface area contributed by atoms with E-state index in [-0.39, 0.29) is 23.0 Å². The first-order valence-corrected chi connectivity index (χ1v) is 11.8. The summed E-state index contributed by atoms with van der Waals surface area (Å²) in [7, 11) is 0. The number of ether oxygens (including phenoxy) is 2. The van der Waals surface area contributed by atoms with Crippen molar-refractivity contribution in [1.29, 1.82) is 0 Å². The van der Waals surface area contributed by atoms with Crippen molar-refractivity contribution >= 4 is 34.6 Å². The van der Waals surface area contributed by atoms with Crippen molar-refractivity contribution in [3.8, 4) is 5.75 Å². The molecule has 0 saturated carbocycles. The third-order valence-corrected chi connectivity index (χ3v) is 6.17. The summed E-state index contributed by atoms with van der Waals surface area (Å²) in [6.07, 6.45) is 3.55. The number of hydrogen-bond donors (Lipinski definition) is 1. The molecule has 1 aliphatic carbocycles. The van der Waals surface area contributed by atoms with Crippen LogP contribution in [0.3, 0.4) is 0 Å². The molecule has 0 spiro atoms. The minimum atomic E-state index is -0.915. The Kier molecular flexibility index (Phi) is 7.53. The van der Waals surface area contributed by atoms with Crippen LogP contribution in [0.25, 0.3) is 11.0 Å². The Morgan fingerprint density at radius 1 is 1.15 bits per heavy atom. The molecular weight excluding hydrogens is 458 g/mol. The molecule has 7 nitrogen and oxygen atoms in total. The van der Waals surface area contributed by atoms with Gasteiger partial charge in [-0.1, -0.05) is 61.7 Å². The summed E-state index contributed by atoms with van der Waals surface area (Å²) in [4.78, 5) is 37.5. The predicted molar refractivity (Wildman–Crippen MR) is 128 cm³/mol. The van der Waals surface area contributed by atoms with Gasteiger partial charge >= 0.3 is 17.7 Å². The van der Waals surface area contributed by atoms with Gasteiger partial charge in [-0.15, -0.1) is 0 Å². The van der Waals surface area contributed by atoms with Gasteiger partial charge in [0, 0.05) is 17.0 Å². The van der Waals surface area contributed by atoms with Gasteiger partial charge in [-0.2, -0.15) is 0 Å². The van der Waals surface area contributed by atoms with Gasteiger partial charge in [0.05, 0.1) is 5.02 Å². The van der Waals surface area contributed by atoms with Crippen LogP contribution in [-0.2, 0) is 29.0 Å². The Morgan fingerprint density at radius 2 is 1.91 bits per heavy atom. The lowest BCUT2D eigenvalue weighted by Crippen LogP contribution is -2.43. The van der Waals surface area contributed by atoms with Crippen molar-refractivity contribution in [2.75, 3.05) is 0 Å². The van der Waals surface area contributed by atoms with Gasteiger partial charge in [-0.05, 0) is 42.9 Å². The lowest BCUT2D eigenvalue weighted by Gasteiger charge is -2.18. The van der Waals surface area contributed by atoms with Crippen LogP contribution in [0, 0.1) is 0 Å². The number of amides is 1. The van der Waals surface area contributed by atoms with Gasteiger partial charge in [0.1, 0.15) is 18.2 Å². The molecule has 34 heavy (non-hydrogen) atoms. The largest absolute Gasteiger partial charge is 0.445 e. The van der Waals surface area contributed by atoms with Crippen LogP contribution in [-0.4, -0.2) is 18.1 Å². The van der Waals surface area contributed by atoms with E-state index >= 15 is 0 Å². The first kappa shape index (κ1) is 23.8. The van der Waals surface area contributed by atoms with E-state index in [1.54, 1.807) is 6.07 Å². The Labute approximate surface area is 202 Å². The van der Waals surface area contributed by atoms with Crippen LogP contribution < -0.4 is 15.7 Å². The molecule has 178 valence electrons. The third-order valence-electron chi connectivity index (χ3n) is 5.87. The molecule has 2 aromatic carbocycles. The maximum absolute atomic E-state index is 12.9. The lowest BCUT2D eigenvalue weighted by molar-refractivity contribution is -0.136. The molecule has 3 aromatic rings. The molecule has 0 bridgehead atoms. The van der Waals surface area contributed by atoms with Gasteiger partial charge < -0.3 is 19.2 Å². The predicted octanol–water partition coefficient (Wildman–Crippen LogP) is 5.33. The zero-order valence-corrected chi connectivity index (χ0v) is 19.7. The molecule has 0 unspecified atom stereocenters. The molecule has 1 aromatic heterocycles. The highest BCUT2D eigenvalue weighted by molar-refractivity contribution is 6.33. The molecule has 4 rings (SSSR count). The van der Waals surface area contributed by atoms with Crippen LogP contribution in [0.15, 0.2) is 51.7 Å². The van der Waals surface area contributed by atoms with E-state index < -0.39 is 18.1 Å². The number of esters is 1. The Bertz CT molecular complexity index is 1250. The zero-order valence-electron chi connectivity index (χ0n) is 18.9. The summed E-state index contributed by atoms with van der Waals surface area (Å²) in [6.45, 7) is 2.07. The zero-order chi connectivity index (χ0) is 24.1. The second-order valence-corrected chi connectivity index (χ2v) is 8.71. The van der Waals surface area contributed by atoms with Crippen LogP contribution >= 0.6 is 11.6 Å². The topological polar surface area (TPSA) is 94.8 Å². The maximum atomic E-state index is 12.9. The second kappa shape index (κ2) is 10.7. The first-order valence-electron chi connectivity index (χ1n) is 11.4. The molecule has 1 aliphatic rings. The summed E-state index contributed by atoms with van der Waals surface area (Å²) >= 11 is 6.41. The van der Waals surface area contributed by atoms with Crippen molar-refractivity contribution in [3.05, 3.63) is 74.6 Å². The molecule has 0 aliphatic heterocycles. The molecule has 1 heterocycles. The van der Waals surface area contributed by atoms with Crippen molar-refractivity contribution < 1.29 is 23.5 Å². The summed E-state index contributed by atoms with van der Waals surface area (Å²) in [5.74, 6) is -0.601. The van der Waals surface area contributed by atoms with E-state index in [2.05, 4.69) is 5.32 Å². The van der Waals surface area contributed by atoms with E-state index in [1.165, 1.54) is 6.07 Å². The van der Waals surface area contributed by atoms with Crippen molar-refractivity contribution in [3.63, 3.8) is 0 Å². The van der Waals surface area contributed by atoms with E-state index in [0.29, 0.717) is 30.4 Å². The van der Waals surface area contributed by atoms with E-state index in [1.807, 2.05) is 37.3 Å². The fourth-order valence-electron chi connectivity index (χ4n) is 4.10. The number of carbonyl (C=O) groups excluding carboxylic acids is 2. The summed E-state index contributed by atoms with van der Waals surface area (Å²) in [6, 6.07) is 11.5. The highest BCUT2D eigenvalue weighted by atomic mass is 35.5. The molecular formula is C26H26ClNO6. The van der Waals surface area contributed by atoms with Crippen LogP contribution in [0.1, 0.15) is 49.3 Å². The number of halogens is 1. The molecule has 0 radical (unpaired) electrons. The monoisotopic (exact) mass is 483 g/mol. The lowest BCUT2D eigenvalue weighted by atomic mass is 10.1. The van der Waals surface area contributed by atoms with Gasteiger partial charge in [0.15, 0.2) is 5.75 Å². The number of carbonyl (C=O) groups is 2. The quantitative estimate of drug-likeness (QED) is 0.264. The van der Waals surface area contributed by atoms with Gasteiger partial charge in [-0.3, -0.25) is 0 Å². The summed E-state index contributed by atoms with van der Waals surface area (Å²) < 4.78 is 16.2. The molecule has 1 amide bonds.